The van der Waals surface area contributed by atoms with Gasteiger partial charge in [0.15, 0.2) is 9.84 Å². The minimum atomic E-state index is -3.43. The molecule has 0 saturated carbocycles. The summed E-state index contributed by atoms with van der Waals surface area (Å²) in [6.07, 6.45) is 1.50. The van der Waals surface area contributed by atoms with Crippen molar-refractivity contribution in [1.82, 2.24) is 0 Å². The van der Waals surface area contributed by atoms with Gasteiger partial charge >= 0.3 is 0 Å². The molecule has 2 aromatic rings. The largest absolute Gasteiger partial charge is 0.497 e. The number of hydrogen-bond acceptors (Lipinski definition) is 5. The number of rotatable bonds is 7. The Morgan fingerprint density at radius 3 is 1.96 bits per heavy atom. The molecule has 0 aromatic heterocycles. The van der Waals surface area contributed by atoms with E-state index in [0.717, 1.165) is 0 Å². The van der Waals surface area contributed by atoms with Gasteiger partial charge in [-0.1, -0.05) is 18.2 Å². The van der Waals surface area contributed by atoms with Crippen LogP contribution in [0, 0.1) is 0 Å². The second-order valence-electron chi connectivity index (χ2n) is 5.03. The van der Waals surface area contributed by atoms with Gasteiger partial charge in [-0.15, -0.1) is 0 Å². The summed E-state index contributed by atoms with van der Waals surface area (Å²) in [6, 6.07) is 12.2. The quantitative estimate of drug-likeness (QED) is 0.768. The first-order valence-electron chi connectivity index (χ1n) is 7.24. The van der Waals surface area contributed by atoms with Gasteiger partial charge in [-0.05, 0) is 35.9 Å². The van der Waals surface area contributed by atoms with Crippen LogP contribution in [0.25, 0.3) is 6.08 Å². The van der Waals surface area contributed by atoms with Crippen LogP contribution in [0.3, 0.4) is 0 Å². The van der Waals surface area contributed by atoms with Gasteiger partial charge in [-0.25, -0.2) is 8.42 Å². The predicted octanol–water partition coefficient (Wildman–Crippen LogP) is 3.30. The maximum Gasteiger partial charge on any atom is 0.175 e. The highest BCUT2D eigenvalue weighted by atomic mass is 32.2. The Morgan fingerprint density at radius 1 is 0.875 bits per heavy atom. The summed E-state index contributed by atoms with van der Waals surface area (Å²) in [5.74, 6) is 1.69. The van der Waals surface area contributed by atoms with Crippen molar-refractivity contribution in [2.45, 2.75) is 5.75 Å². The standard InChI is InChI=1S/C18H20O5S/c1-21-15-9-7-14(8-10-15)13-24(19,20)12-11-16-17(22-2)5-4-6-18(16)23-3/h4-12H,13H2,1-3H3/b12-11+. The van der Waals surface area contributed by atoms with Crippen LogP contribution in [-0.2, 0) is 15.6 Å². The molecule has 0 bridgehead atoms. The monoisotopic (exact) mass is 348 g/mol. The van der Waals surface area contributed by atoms with Crippen molar-refractivity contribution in [2.24, 2.45) is 0 Å². The molecule has 0 heterocycles. The molecule has 0 N–H and O–H groups in total. The van der Waals surface area contributed by atoms with Crippen LogP contribution in [0.1, 0.15) is 11.1 Å². The lowest BCUT2D eigenvalue weighted by Gasteiger charge is -2.09. The van der Waals surface area contributed by atoms with E-state index in [9.17, 15) is 8.42 Å². The first-order chi connectivity index (χ1) is 11.5. The molecule has 0 aliphatic rings. The number of hydrogen-bond donors (Lipinski definition) is 0. The molecule has 0 unspecified atom stereocenters. The summed E-state index contributed by atoms with van der Waals surface area (Å²) in [7, 11) is 1.18. The van der Waals surface area contributed by atoms with Gasteiger partial charge in [0, 0.05) is 5.41 Å². The van der Waals surface area contributed by atoms with E-state index >= 15 is 0 Å². The topological polar surface area (TPSA) is 61.8 Å². The summed E-state index contributed by atoms with van der Waals surface area (Å²) in [5, 5.41) is 1.18. The molecule has 0 aliphatic heterocycles. The average Bonchev–Trinajstić information content (AvgIpc) is 2.60. The lowest BCUT2D eigenvalue weighted by molar-refractivity contribution is 0.392. The molecular formula is C18H20O5S. The predicted molar refractivity (Wildman–Crippen MR) is 94.2 cm³/mol. The normalized spacial score (nSPS) is 11.5. The van der Waals surface area contributed by atoms with Gasteiger partial charge in [0.1, 0.15) is 17.2 Å². The van der Waals surface area contributed by atoms with Gasteiger partial charge < -0.3 is 14.2 Å². The minimum Gasteiger partial charge on any atom is -0.497 e. The van der Waals surface area contributed by atoms with Crippen LogP contribution in [0.2, 0.25) is 0 Å². The van der Waals surface area contributed by atoms with Gasteiger partial charge in [0.05, 0.1) is 32.6 Å². The van der Waals surface area contributed by atoms with E-state index in [4.69, 9.17) is 14.2 Å². The number of benzene rings is 2. The highest BCUT2D eigenvalue weighted by Crippen LogP contribution is 2.30. The minimum absolute atomic E-state index is 0.0923. The van der Waals surface area contributed by atoms with Crippen LogP contribution in [0.4, 0.5) is 0 Å². The van der Waals surface area contributed by atoms with Crippen molar-refractivity contribution in [2.75, 3.05) is 21.3 Å². The van der Waals surface area contributed by atoms with E-state index in [1.165, 1.54) is 25.7 Å². The van der Waals surface area contributed by atoms with Crippen molar-refractivity contribution in [3.05, 3.63) is 59.0 Å². The first kappa shape index (κ1) is 17.9. The Morgan fingerprint density at radius 2 is 1.46 bits per heavy atom. The van der Waals surface area contributed by atoms with Crippen LogP contribution in [0.5, 0.6) is 17.2 Å². The molecule has 2 rings (SSSR count). The van der Waals surface area contributed by atoms with Gasteiger partial charge in [-0.3, -0.25) is 0 Å². The smallest absolute Gasteiger partial charge is 0.175 e. The third-order valence-corrected chi connectivity index (χ3v) is 4.72. The van der Waals surface area contributed by atoms with Crippen LogP contribution in [-0.4, -0.2) is 29.7 Å². The van der Waals surface area contributed by atoms with Gasteiger partial charge in [0.25, 0.3) is 0 Å². The Balaban J connectivity index is 2.23. The van der Waals surface area contributed by atoms with Crippen molar-refractivity contribution in [3.63, 3.8) is 0 Å². The Bertz CT molecular complexity index is 786. The summed E-state index contributed by atoms with van der Waals surface area (Å²) >= 11 is 0. The summed E-state index contributed by atoms with van der Waals surface area (Å²) in [6.45, 7) is 0. The van der Waals surface area contributed by atoms with Crippen molar-refractivity contribution in [3.8, 4) is 17.2 Å². The van der Waals surface area contributed by atoms with Gasteiger partial charge in [0.2, 0.25) is 0 Å². The van der Waals surface area contributed by atoms with E-state index in [0.29, 0.717) is 28.4 Å². The fraction of sp³-hybridized carbons (Fsp3) is 0.222. The fourth-order valence-electron chi connectivity index (χ4n) is 2.22. The van der Waals surface area contributed by atoms with E-state index in [1.807, 2.05) is 0 Å². The van der Waals surface area contributed by atoms with Crippen molar-refractivity contribution < 1.29 is 22.6 Å². The molecule has 128 valence electrons. The Kier molecular flexibility index (Phi) is 5.87. The highest BCUT2D eigenvalue weighted by molar-refractivity contribution is 7.93. The summed E-state index contributed by atoms with van der Waals surface area (Å²) < 4.78 is 40.2. The van der Waals surface area contributed by atoms with Gasteiger partial charge in [-0.2, -0.15) is 0 Å². The van der Waals surface area contributed by atoms with Crippen LogP contribution in [0.15, 0.2) is 47.9 Å². The van der Waals surface area contributed by atoms with Crippen LogP contribution < -0.4 is 14.2 Å². The first-order valence-corrected chi connectivity index (χ1v) is 8.95. The lowest BCUT2D eigenvalue weighted by Crippen LogP contribution is -2.00. The molecule has 5 nitrogen and oxygen atoms in total. The third kappa shape index (κ3) is 4.52. The van der Waals surface area contributed by atoms with E-state index in [2.05, 4.69) is 0 Å². The molecular weight excluding hydrogens is 328 g/mol. The fourth-order valence-corrected chi connectivity index (χ4v) is 3.31. The SMILES string of the molecule is COc1ccc(CS(=O)(=O)/C=C/c2c(OC)cccc2OC)cc1. The highest BCUT2D eigenvalue weighted by Gasteiger charge is 2.11. The van der Waals surface area contributed by atoms with Crippen LogP contribution >= 0.6 is 0 Å². The molecule has 2 aromatic carbocycles. The number of sulfone groups is 1. The summed E-state index contributed by atoms with van der Waals surface area (Å²) in [4.78, 5) is 0. The molecule has 0 aliphatic carbocycles. The number of methoxy groups -OCH3 is 3. The zero-order valence-corrected chi connectivity index (χ0v) is 14.7. The maximum atomic E-state index is 12.3. The number of ether oxygens (including phenoxy) is 3. The maximum absolute atomic E-state index is 12.3. The zero-order chi connectivity index (χ0) is 17.6. The van der Waals surface area contributed by atoms with Crippen molar-refractivity contribution in [1.29, 1.82) is 0 Å². The summed E-state index contributed by atoms with van der Waals surface area (Å²) in [5.41, 5.74) is 1.27. The average molecular weight is 348 g/mol. The Hall–Kier alpha value is -2.47. The molecule has 6 heteroatoms. The molecule has 0 fully saturated rings. The molecule has 0 spiro atoms. The molecule has 0 saturated heterocycles. The van der Waals surface area contributed by atoms with Crippen molar-refractivity contribution >= 4 is 15.9 Å². The zero-order valence-electron chi connectivity index (χ0n) is 13.9. The molecule has 0 radical (unpaired) electrons. The molecule has 24 heavy (non-hydrogen) atoms. The molecule has 0 amide bonds. The lowest BCUT2D eigenvalue weighted by atomic mass is 10.2. The second kappa shape index (κ2) is 7.88. The Labute approximate surface area is 142 Å². The van der Waals surface area contributed by atoms with E-state index in [1.54, 1.807) is 49.6 Å². The molecule has 0 atom stereocenters. The van der Waals surface area contributed by atoms with E-state index in [-0.39, 0.29) is 5.75 Å². The van der Waals surface area contributed by atoms with E-state index < -0.39 is 9.84 Å². The second-order valence-corrected chi connectivity index (χ2v) is 6.92. The third-order valence-electron chi connectivity index (χ3n) is 3.43.